The van der Waals surface area contributed by atoms with Crippen molar-refractivity contribution in [3.63, 3.8) is 0 Å². The minimum atomic E-state index is 0.378. The van der Waals surface area contributed by atoms with Crippen LogP contribution in [0.2, 0.25) is 0 Å². The van der Waals surface area contributed by atoms with Crippen LogP contribution in [0.4, 0.5) is 0 Å². The van der Waals surface area contributed by atoms with E-state index < -0.39 is 0 Å². The average molecular weight is 130 g/mol. The van der Waals surface area contributed by atoms with Crippen molar-refractivity contribution in [1.29, 1.82) is 0 Å². The number of nitrogens with two attached hydrogens (primary N) is 1. The lowest BCUT2D eigenvalue weighted by atomic mass is 9.96. The maximum absolute atomic E-state index is 8.76. The lowest BCUT2D eigenvalue weighted by molar-refractivity contribution is -0.700. The number of aliphatic hydroxyl groups excluding tert-OH is 1. The van der Waals surface area contributed by atoms with Crippen molar-refractivity contribution in [3.05, 3.63) is 0 Å². The van der Waals surface area contributed by atoms with Gasteiger partial charge < -0.3 is 10.4 Å². The van der Waals surface area contributed by atoms with Gasteiger partial charge in [-0.15, -0.1) is 0 Å². The third-order valence-electron chi connectivity index (χ3n) is 2.16. The fraction of sp³-hybridized carbons (Fsp3) is 1.00. The lowest BCUT2D eigenvalue weighted by Crippen LogP contribution is -2.92. The van der Waals surface area contributed by atoms with E-state index in [4.69, 9.17) is 5.11 Å². The van der Waals surface area contributed by atoms with E-state index in [2.05, 4.69) is 12.2 Å². The molecule has 54 valence electrons. The van der Waals surface area contributed by atoms with Gasteiger partial charge >= 0.3 is 0 Å². The molecule has 1 saturated heterocycles. The Balaban J connectivity index is 2.18. The van der Waals surface area contributed by atoms with Gasteiger partial charge in [0.2, 0.25) is 0 Å². The Morgan fingerprint density at radius 3 is 2.78 bits per heavy atom. The van der Waals surface area contributed by atoms with E-state index in [0.717, 1.165) is 12.6 Å². The number of rotatable bonds is 1. The zero-order valence-corrected chi connectivity index (χ0v) is 6.01. The van der Waals surface area contributed by atoms with E-state index in [0.29, 0.717) is 12.5 Å². The summed E-state index contributed by atoms with van der Waals surface area (Å²) in [6.07, 6.45) is 2.49. The van der Waals surface area contributed by atoms with Crippen LogP contribution in [0, 0.1) is 5.92 Å². The highest BCUT2D eigenvalue weighted by Crippen LogP contribution is 2.07. The summed E-state index contributed by atoms with van der Waals surface area (Å²) in [4.78, 5) is 0. The molecule has 0 aromatic carbocycles. The Labute approximate surface area is 56.3 Å². The van der Waals surface area contributed by atoms with E-state index >= 15 is 0 Å². The predicted molar refractivity (Wildman–Crippen MR) is 36.1 cm³/mol. The van der Waals surface area contributed by atoms with E-state index in [1.807, 2.05) is 0 Å². The zero-order valence-electron chi connectivity index (χ0n) is 6.01. The highest BCUT2D eigenvalue weighted by Gasteiger charge is 2.19. The molecular formula is C7H16NO+. The summed E-state index contributed by atoms with van der Waals surface area (Å²) < 4.78 is 0. The van der Waals surface area contributed by atoms with Gasteiger partial charge in [0, 0.05) is 5.92 Å². The van der Waals surface area contributed by atoms with Crippen molar-refractivity contribution in [2.24, 2.45) is 5.92 Å². The quantitative estimate of drug-likeness (QED) is 0.486. The van der Waals surface area contributed by atoms with Crippen LogP contribution >= 0.6 is 0 Å². The van der Waals surface area contributed by atoms with Gasteiger partial charge in [0.05, 0.1) is 19.2 Å². The molecule has 3 N–H and O–H groups in total. The highest BCUT2D eigenvalue weighted by molar-refractivity contribution is 4.61. The fourth-order valence-corrected chi connectivity index (χ4v) is 1.32. The predicted octanol–water partition coefficient (Wildman–Crippen LogP) is -0.659. The molecule has 0 bridgehead atoms. The lowest BCUT2D eigenvalue weighted by Gasteiger charge is -2.22. The third kappa shape index (κ3) is 1.95. The second-order valence-corrected chi connectivity index (χ2v) is 3.07. The highest BCUT2D eigenvalue weighted by atomic mass is 16.3. The number of quaternary nitrogens is 1. The molecule has 0 amide bonds. The molecule has 1 fully saturated rings. The van der Waals surface area contributed by atoms with Crippen molar-refractivity contribution >= 4 is 0 Å². The Bertz CT molecular complexity index is 77.0. The number of hydrogen-bond donors (Lipinski definition) is 2. The summed E-state index contributed by atoms with van der Waals surface area (Å²) in [6, 6.07) is 0.785. The Kier molecular flexibility index (Phi) is 2.49. The Morgan fingerprint density at radius 2 is 2.33 bits per heavy atom. The first-order chi connectivity index (χ1) is 4.33. The Hall–Kier alpha value is -0.0800. The summed E-state index contributed by atoms with van der Waals surface area (Å²) in [5, 5.41) is 11.1. The van der Waals surface area contributed by atoms with Gasteiger partial charge in [-0.2, -0.15) is 0 Å². The fourth-order valence-electron chi connectivity index (χ4n) is 1.32. The molecule has 0 radical (unpaired) electrons. The van der Waals surface area contributed by atoms with Crippen molar-refractivity contribution in [2.75, 3.05) is 13.2 Å². The summed E-state index contributed by atoms with van der Waals surface area (Å²) in [6.45, 7) is 3.74. The molecule has 2 heteroatoms. The molecule has 0 aliphatic carbocycles. The molecular weight excluding hydrogens is 114 g/mol. The molecule has 1 aliphatic heterocycles. The van der Waals surface area contributed by atoms with Crippen molar-refractivity contribution in [1.82, 2.24) is 0 Å². The monoisotopic (exact) mass is 130 g/mol. The summed E-state index contributed by atoms with van der Waals surface area (Å²) in [5.74, 6) is 0.571. The molecule has 1 heterocycles. The Morgan fingerprint density at radius 1 is 1.56 bits per heavy atom. The molecule has 0 aromatic heterocycles. The first-order valence-corrected chi connectivity index (χ1v) is 3.77. The molecule has 0 saturated carbocycles. The third-order valence-corrected chi connectivity index (χ3v) is 2.16. The SMILES string of the molecule is C[C@@H]1CC[C@@H](CO)C[NH2+]1. The molecule has 2 nitrogen and oxygen atoms in total. The van der Waals surface area contributed by atoms with Gasteiger partial charge in [0.25, 0.3) is 0 Å². The van der Waals surface area contributed by atoms with E-state index in [1.54, 1.807) is 0 Å². The molecule has 9 heavy (non-hydrogen) atoms. The standard InChI is InChI=1S/C7H15NO/c1-6-2-3-7(5-9)4-8-6/h6-9H,2-5H2,1H3/p+1/t6-,7-/m1/s1. The minimum Gasteiger partial charge on any atom is -0.396 e. The second-order valence-electron chi connectivity index (χ2n) is 3.07. The summed E-state index contributed by atoms with van der Waals surface area (Å²) >= 11 is 0. The van der Waals surface area contributed by atoms with Crippen LogP contribution in [0.3, 0.4) is 0 Å². The summed E-state index contributed by atoms with van der Waals surface area (Å²) in [5.41, 5.74) is 0. The minimum absolute atomic E-state index is 0.378. The normalized spacial score (nSPS) is 36.7. The second kappa shape index (κ2) is 3.18. The maximum Gasteiger partial charge on any atom is 0.0830 e. The first kappa shape index (κ1) is 7.03. The van der Waals surface area contributed by atoms with Crippen LogP contribution < -0.4 is 5.32 Å². The van der Waals surface area contributed by atoms with Gasteiger partial charge in [-0.25, -0.2) is 0 Å². The van der Waals surface area contributed by atoms with Crippen molar-refractivity contribution < 1.29 is 10.4 Å². The average Bonchev–Trinajstić information content (AvgIpc) is 1.90. The van der Waals surface area contributed by atoms with Crippen LogP contribution in [-0.2, 0) is 0 Å². The molecule has 2 atom stereocenters. The topological polar surface area (TPSA) is 36.8 Å². The van der Waals surface area contributed by atoms with E-state index in [9.17, 15) is 0 Å². The number of hydrogen-bond acceptors (Lipinski definition) is 1. The molecule has 0 aromatic rings. The van der Waals surface area contributed by atoms with E-state index in [1.165, 1.54) is 12.8 Å². The molecule has 0 unspecified atom stereocenters. The first-order valence-electron chi connectivity index (χ1n) is 3.77. The van der Waals surface area contributed by atoms with Crippen LogP contribution in [0.25, 0.3) is 0 Å². The maximum atomic E-state index is 8.76. The van der Waals surface area contributed by atoms with Gasteiger partial charge in [-0.1, -0.05) is 0 Å². The van der Waals surface area contributed by atoms with Crippen LogP contribution in [-0.4, -0.2) is 24.3 Å². The molecule has 1 rings (SSSR count). The van der Waals surface area contributed by atoms with Gasteiger partial charge in [-0.05, 0) is 19.8 Å². The molecule has 1 aliphatic rings. The summed E-state index contributed by atoms with van der Waals surface area (Å²) in [7, 11) is 0. The molecule has 0 spiro atoms. The van der Waals surface area contributed by atoms with Gasteiger partial charge in [0.1, 0.15) is 0 Å². The number of aliphatic hydroxyl groups is 1. The van der Waals surface area contributed by atoms with Crippen molar-refractivity contribution in [3.8, 4) is 0 Å². The van der Waals surface area contributed by atoms with Gasteiger partial charge in [0.15, 0.2) is 0 Å². The number of piperidine rings is 1. The van der Waals surface area contributed by atoms with E-state index in [-0.39, 0.29) is 0 Å². The largest absolute Gasteiger partial charge is 0.396 e. The smallest absolute Gasteiger partial charge is 0.0830 e. The van der Waals surface area contributed by atoms with Crippen molar-refractivity contribution in [2.45, 2.75) is 25.8 Å². The van der Waals surface area contributed by atoms with Gasteiger partial charge in [-0.3, -0.25) is 0 Å². The van der Waals surface area contributed by atoms with Crippen LogP contribution in [0.5, 0.6) is 0 Å². The van der Waals surface area contributed by atoms with Crippen LogP contribution in [0.15, 0.2) is 0 Å². The van der Waals surface area contributed by atoms with Crippen LogP contribution in [0.1, 0.15) is 19.8 Å². The zero-order chi connectivity index (χ0) is 6.69.